The maximum absolute atomic E-state index is 12.3. The zero-order chi connectivity index (χ0) is 14.0. The Morgan fingerprint density at radius 2 is 2.21 bits per heavy atom. The molecule has 0 fully saturated rings. The summed E-state index contributed by atoms with van der Waals surface area (Å²) >= 11 is 0. The van der Waals surface area contributed by atoms with Crippen LogP contribution < -0.4 is 9.47 Å². The fourth-order valence-electron chi connectivity index (χ4n) is 1.95. The number of Topliss-reactive ketones (excluding diaryl/α,β-unsaturated/α-hetero) is 1. The van der Waals surface area contributed by atoms with Crippen LogP contribution in [0.15, 0.2) is 18.2 Å². The Kier molecular flexibility index (Phi) is 3.78. The molecule has 1 aliphatic rings. The van der Waals surface area contributed by atoms with Gasteiger partial charge in [-0.15, -0.1) is 0 Å². The van der Waals surface area contributed by atoms with Gasteiger partial charge in [0.15, 0.2) is 5.78 Å². The number of ketones is 1. The normalized spacial score (nSPS) is 19.6. The Hall–Kier alpha value is -1.98. The van der Waals surface area contributed by atoms with Gasteiger partial charge >= 0.3 is 6.61 Å². The van der Waals surface area contributed by atoms with Crippen LogP contribution in [0.1, 0.15) is 23.7 Å². The molecule has 1 aromatic rings. The fourth-order valence-corrected chi connectivity index (χ4v) is 1.95. The number of alkyl halides is 2. The number of aldehydes is 1. The molecular formula is C13H12F2O4. The molecule has 0 amide bonds. The van der Waals surface area contributed by atoms with E-state index in [4.69, 9.17) is 4.74 Å². The molecule has 0 saturated heterocycles. The number of halogens is 2. The van der Waals surface area contributed by atoms with Gasteiger partial charge in [0.05, 0.1) is 0 Å². The standard InChI is InChI=1S/C13H12F2O4/c1-7(6-16)11-5-8(17)12-9(18-11)3-2-4-10(12)19-13(14)15/h2-4,6-7,11,13H,5H2,1H3/t7-,11-/m0/s1. The number of hydrogen-bond acceptors (Lipinski definition) is 4. The van der Waals surface area contributed by atoms with Crippen LogP contribution in [0.25, 0.3) is 0 Å². The molecule has 102 valence electrons. The highest BCUT2D eigenvalue weighted by Crippen LogP contribution is 2.36. The van der Waals surface area contributed by atoms with Crippen LogP contribution in [0.2, 0.25) is 0 Å². The molecule has 4 nitrogen and oxygen atoms in total. The lowest BCUT2D eigenvalue weighted by molar-refractivity contribution is -0.113. The Balaban J connectivity index is 2.34. The minimum Gasteiger partial charge on any atom is -0.488 e. The lowest BCUT2D eigenvalue weighted by Crippen LogP contribution is -2.33. The van der Waals surface area contributed by atoms with Gasteiger partial charge in [0, 0.05) is 12.3 Å². The van der Waals surface area contributed by atoms with Gasteiger partial charge in [-0.2, -0.15) is 8.78 Å². The van der Waals surface area contributed by atoms with E-state index in [-0.39, 0.29) is 29.3 Å². The predicted molar refractivity (Wildman–Crippen MR) is 61.7 cm³/mol. The van der Waals surface area contributed by atoms with E-state index in [9.17, 15) is 18.4 Å². The van der Waals surface area contributed by atoms with Crippen LogP contribution in [0.3, 0.4) is 0 Å². The number of carbonyl (C=O) groups is 2. The van der Waals surface area contributed by atoms with Gasteiger partial charge in [0.1, 0.15) is 29.5 Å². The van der Waals surface area contributed by atoms with Crippen molar-refractivity contribution in [3.8, 4) is 11.5 Å². The molecule has 0 N–H and O–H groups in total. The highest BCUT2D eigenvalue weighted by atomic mass is 19.3. The highest BCUT2D eigenvalue weighted by molar-refractivity contribution is 6.02. The van der Waals surface area contributed by atoms with Gasteiger partial charge in [-0.3, -0.25) is 4.79 Å². The summed E-state index contributed by atoms with van der Waals surface area (Å²) in [5.41, 5.74) is 0.0112. The first-order valence-electron chi connectivity index (χ1n) is 5.76. The first kappa shape index (κ1) is 13.5. The molecule has 6 heteroatoms. The zero-order valence-electron chi connectivity index (χ0n) is 10.1. The van der Waals surface area contributed by atoms with Crippen LogP contribution in [-0.4, -0.2) is 24.8 Å². The van der Waals surface area contributed by atoms with E-state index in [0.29, 0.717) is 6.29 Å². The quantitative estimate of drug-likeness (QED) is 0.789. The number of benzene rings is 1. The van der Waals surface area contributed by atoms with E-state index in [2.05, 4.69) is 4.74 Å². The summed E-state index contributed by atoms with van der Waals surface area (Å²) in [6.07, 6.45) is 0.0955. The van der Waals surface area contributed by atoms with Crippen molar-refractivity contribution in [1.82, 2.24) is 0 Å². The van der Waals surface area contributed by atoms with Crippen molar-refractivity contribution in [1.29, 1.82) is 0 Å². The number of ether oxygens (including phenoxy) is 2. The Bertz CT molecular complexity index is 501. The Morgan fingerprint density at radius 3 is 2.84 bits per heavy atom. The van der Waals surface area contributed by atoms with E-state index in [1.807, 2.05) is 0 Å². The molecule has 19 heavy (non-hydrogen) atoms. The molecule has 0 saturated carbocycles. The van der Waals surface area contributed by atoms with Gasteiger partial charge in [-0.1, -0.05) is 13.0 Å². The largest absolute Gasteiger partial charge is 0.488 e. The average molecular weight is 270 g/mol. The number of carbonyl (C=O) groups excluding carboxylic acids is 2. The number of hydrogen-bond donors (Lipinski definition) is 0. The average Bonchev–Trinajstić information content (AvgIpc) is 2.36. The van der Waals surface area contributed by atoms with Crippen LogP contribution in [0, 0.1) is 5.92 Å². The predicted octanol–water partition coefficient (Wildman–Crippen LogP) is 2.46. The second-order valence-electron chi connectivity index (χ2n) is 4.29. The smallest absolute Gasteiger partial charge is 0.387 e. The molecule has 1 heterocycles. The Labute approximate surface area is 108 Å². The van der Waals surface area contributed by atoms with Crippen LogP contribution in [0.4, 0.5) is 8.78 Å². The third-order valence-corrected chi connectivity index (χ3v) is 2.95. The van der Waals surface area contributed by atoms with Crippen molar-refractivity contribution in [3.63, 3.8) is 0 Å². The molecule has 2 atom stereocenters. The SMILES string of the molecule is C[C@@H](C=O)[C@@H]1CC(=O)c2c(OC(F)F)cccc2O1. The maximum atomic E-state index is 12.3. The molecule has 0 aromatic heterocycles. The summed E-state index contributed by atoms with van der Waals surface area (Å²) in [6.45, 7) is -1.37. The van der Waals surface area contributed by atoms with Gasteiger partial charge in [-0.05, 0) is 12.1 Å². The molecule has 0 aliphatic carbocycles. The van der Waals surface area contributed by atoms with Crippen LogP contribution in [-0.2, 0) is 4.79 Å². The van der Waals surface area contributed by atoms with Gasteiger partial charge < -0.3 is 14.3 Å². The lowest BCUT2D eigenvalue weighted by Gasteiger charge is -2.28. The first-order valence-corrected chi connectivity index (χ1v) is 5.76. The summed E-state index contributed by atoms with van der Waals surface area (Å²) in [7, 11) is 0. The maximum Gasteiger partial charge on any atom is 0.387 e. The van der Waals surface area contributed by atoms with Gasteiger partial charge in [-0.25, -0.2) is 0 Å². The van der Waals surface area contributed by atoms with E-state index < -0.39 is 18.6 Å². The van der Waals surface area contributed by atoms with E-state index >= 15 is 0 Å². The monoisotopic (exact) mass is 270 g/mol. The second-order valence-corrected chi connectivity index (χ2v) is 4.29. The van der Waals surface area contributed by atoms with Crippen molar-refractivity contribution in [2.24, 2.45) is 5.92 Å². The minimum atomic E-state index is -3.01. The van der Waals surface area contributed by atoms with Crippen molar-refractivity contribution < 1.29 is 27.8 Å². The fraction of sp³-hybridized carbons (Fsp3) is 0.385. The van der Waals surface area contributed by atoms with Crippen molar-refractivity contribution in [2.75, 3.05) is 0 Å². The summed E-state index contributed by atoms with van der Waals surface area (Å²) in [5.74, 6) is -0.837. The van der Waals surface area contributed by atoms with E-state index in [0.717, 1.165) is 0 Å². The number of fused-ring (bicyclic) bond motifs is 1. The van der Waals surface area contributed by atoms with Gasteiger partial charge in [0.2, 0.25) is 0 Å². The molecule has 0 spiro atoms. The first-order chi connectivity index (χ1) is 9.02. The molecule has 0 unspecified atom stereocenters. The van der Waals surface area contributed by atoms with Crippen molar-refractivity contribution in [3.05, 3.63) is 23.8 Å². The van der Waals surface area contributed by atoms with E-state index in [1.165, 1.54) is 18.2 Å². The van der Waals surface area contributed by atoms with Crippen LogP contribution >= 0.6 is 0 Å². The Morgan fingerprint density at radius 1 is 1.47 bits per heavy atom. The second kappa shape index (κ2) is 5.34. The summed E-state index contributed by atoms with van der Waals surface area (Å²) < 4.78 is 34.3. The van der Waals surface area contributed by atoms with Gasteiger partial charge in [0.25, 0.3) is 0 Å². The lowest BCUT2D eigenvalue weighted by atomic mass is 9.94. The summed E-state index contributed by atoms with van der Waals surface area (Å²) in [4.78, 5) is 22.7. The zero-order valence-corrected chi connectivity index (χ0v) is 10.1. The molecule has 2 rings (SSSR count). The molecule has 0 radical (unpaired) electrons. The molecule has 1 aliphatic heterocycles. The molecule has 0 bridgehead atoms. The number of rotatable bonds is 4. The summed E-state index contributed by atoms with van der Waals surface area (Å²) in [6, 6.07) is 4.24. The third-order valence-electron chi connectivity index (χ3n) is 2.95. The molecular weight excluding hydrogens is 258 g/mol. The molecule has 1 aromatic carbocycles. The van der Waals surface area contributed by atoms with Crippen LogP contribution in [0.5, 0.6) is 11.5 Å². The minimum absolute atomic E-state index is 0.0112. The topological polar surface area (TPSA) is 52.6 Å². The van der Waals surface area contributed by atoms with Crippen molar-refractivity contribution in [2.45, 2.75) is 26.1 Å². The highest BCUT2D eigenvalue weighted by Gasteiger charge is 2.32. The van der Waals surface area contributed by atoms with E-state index in [1.54, 1.807) is 6.92 Å². The van der Waals surface area contributed by atoms with Crippen molar-refractivity contribution >= 4 is 12.1 Å². The third kappa shape index (κ3) is 2.72. The summed E-state index contributed by atoms with van der Waals surface area (Å²) in [5, 5.41) is 0.